The minimum absolute atomic E-state index is 0.108. The smallest absolute Gasteiger partial charge is 0.0472 e. The molecule has 0 bridgehead atoms. The molecule has 3 nitrogen and oxygen atoms in total. The zero-order valence-electron chi connectivity index (χ0n) is 8.59. The van der Waals surface area contributed by atoms with Gasteiger partial charge in [-0.3, -0.25) is 0 Å². The summed E-state index contributed by atoms with van der Waals surface area (Å²) in [7, 11) is 0. The second kappa shape index (κ2) is 4.86. The molecule has 0 fully saturated rings. The highest BCUT2D eigenvalue weighted by Crippen LogP contribution is 2.22. The molecular weight excluding hydrogens is 176 g/mol. The Morgan fingerprint density at radius 3 is 2.00 bits per heavy atom. The van der Waals surface area contributed by atoms with Crippen molar-refractivity contribution in [1.82, 2.24) is 0 Å². The van der Waals surface area contributed by atoms with E-state index in [1.807, 2.05) is 12.1 Å². The predicted molar refractivity (Wildman–Crippen MR) is 60.1 cm³/mol. The van der Waals surface area contributed by atoms with Gasteiger partial charge in [-0.05, 0) is 36.1 Å². The molecular formula is C11H18N2O. The van der Waals surface area contributed by atoms with Gasteiger partial charge >= 0.3 is 0 Å². The Bertz CT molecular complexity index is 279. The molecule has 5 N–H and O–H groups in total. The average Bonchev–Trinajstić information content (AvgIpc) is 2.14. The van der Waals surface area contributed by atoms with Gasteiger partial charge in [-0.2, -0.15) is 0 Å². The first-order chi connectivity index (χ1) is 6.69. The minimum atomic E-state index is 0.108. The molecule has 78 valence electrons. The molecule has 1 rings (SSSR count). The van der Waals surface area contributed by atoms with Gasteiger partial charge in [-0.1, -0.05) is 13.3 Å². The summed E-state index contributed by atoms with van der Waals surface area (Å²) in [6, 6.07) is 3.79. The van der Waals surface area contributed by atoms with Gasteiger partial charge in [0.25, 0.3) is 0 Å². The number of hydrogen-bond acceptors (Lipinski definition) is 3. The summed E-state index contributed by atoms with van der Waals surface area (Å²) in [5.74, 6) is 0. The second-order valence-corrected chi connectivity index (χ2v) is 3.47. The number of aliphatic hydroxyl groups excluding tert-OH is 1. The molecule has 14 heavy (non-hydrogen) atoms. The number of nitrogen functional groups attached to an aromatic ring is 2. The van der Waals surface area contributed by atoms with Gasteiger partial charge in [-0.25, -0.2) is 0 Å². The van der Waals surface area contributed by atoms with Crippen molar-refractivity contribution in [2.75, 3.05) is 18.1 Å². The maximum Gasteiger partial charge on any atom is 0.0472 e. The maximum absolute atomic E-state index is 8.81. The van der Waals surface area contributed by atoms with Crippen LogP contribution in [-0.4, -0.2) is 11.7 Å². The van der Waals surface area contributed by atoms with Crippen LogP contribution in [0.3, 0.4) is 0 Å². The van der Waals surface area contributed by atoms with E-state index in [2.05, 4.69) is 6.92 Å². The SMILES string of the molecule is CCCc1cc(N)c(CCO)cc1N. The molecule has 0 radical (unpaired) electrons. The standard InChI is InChI=1S/C11H18N2O/c1-2-3-8-6-11(13)9(4-5-14)7-10(8)12/h6-7,14H,2-5,12-13H2,1H3. The highest BCUT2D eigenvalue weighted by atomic mass is 16.2. The number of aliphatic hydroxyl groups is 1. The van der Waals surface area contributed by atoms with Gasteiger partial charge in [0.2, 0.25) is 0 Å². The molecule has 0 saturated heterocycles. The summed E-state index contributed by atoms with van der Waals surface area (Å²) in [6.45, 7) is 2.22. The molecule has 0 aliphatic heterocycles. The molecule has 0 aliphatic rings. The summed E-state index contributed by atoms with van der Waals surface area (Å²) < 4.78 is 0. The first-order valence-corrected chi connectivity index (χ1v) is 4.96. The number of hydrogen-bond donors (Lipinski definition) is 3. The monoisotopic (exact) mass is 194 g/mol. The molecule has 1 aromatic carbocycles. The third kappa shape index (κ3) is 2.39. The molecule has 3 heteroatoms. The fourth-order valence-corrected chi connectivity index (χ4v) is 1.55. The molecule has 0 saturated carbocycles. The zero-order valence-corrected chi connectivity index (χ0v) is 8.59. The number of aryl methyl sites for hydroxylation is 1. The Hall–Kier alpha value is -1.22. The van der Waals surface area contributed by atoms with Gasteiger partial charge in [-0.15, -0.1) is 0 Å². The zero-order chi connectivity index (χ0) is 10.6. The summed E-state index contributed by atoms with van der Waals surface area (Å²) in [4.78, 5) is 0. The fraction of sp³-hybridized carbons (Fsp3) is 0.455. The van der Waals surface area contributed by atoms with E-state index in [1.165, 1.54) is 0 Å². The van der Waals surface area contributed by atoms with Gasteiger partial charge in [0, 0.05) is 18.0 Å². The summed E-state index contributed by atoms with van der Waals surface area (Å²) in [5.41, 5.74) is 15.3. The highest BCUT2D eigenvalue weighted by molar-refractivity contribution is 5.60. The van der Waals surface area contributed by atoms with Crippen molar-refractivity contribution < 1.29 is 5.11 Å². The van der Waals surface area contributed by atoms with Crippen molar-refractivity contribution in [1.29, 1.82) is 0 Å². The predicted octanol–water partition coefficient (Wildman–Crippen LogP) is 1.34. The Kier molecular flexibility index (Phi) is 3.77. The van der Waals surface area contributed by atoms with E-state index in [0.717, 1.165) is 35.3 Å². The van der Waals surface area contributed by atoms with E-state index in [1.54, 1.807) is 0 Å². The lowest BCUT2D eigenvalue weighted by Crippen LogP contribution is -2.02. The van der Waals surface area contributed by atoms with Gasteiger partial charge in [0.1, 0.15) is 0 Å². The third-order valence-electron chi connectivity index (χ3n) is 2.30. The molecule has 0 heterocycles. The van der Waals surface area contributed by atoms with Crippen LogP contribution in [-0.2, 0) is 12.8 Å². The molecule has 1 aromatic rings. The van der Waals surface area contributed by atoms with Crippen LogP contribution in [0.1, 0.15) is 24.5 Å². The molecule has 0 atom stereocenters. The van der Waals surface area contributed by atoms with E-state index >= 15 is 0 Å². The average molecular weight is 194 g/mol. The number of anilines is 2. The van der Waals surface area contributed by atoms with Crippen molar-refractivity contribution in [3.63, 3.8) is 0 Å². The van der Waals surface area contributed by atoms with E-state index in [0.29, 0.717) is 6.42 Å². The van der Waals surface area contributed by atoms with Gasteiger partial charge in [0.15, 0.2) is 0 Å². The number of rotatable bonds is 4. The molecule has 0 spiro atoms. The molecule has 0 amide bonds. The van der Waals surface area contributed by atoms with Crippen LogP contribution >= 0.6 is 0 Å². The molecule has 0 unspecified atom stereocenters. The van der Waals surface area contributed by atoms with Gasteiger partial charge in [0.05, 0.1) is 0 Å². The summed E-state index contributed by atoms with van der Waals surface area (Å²) in [6.07, 6.45) is 2.58. The van der Waals surface area contributed by atoms with Crippen LogP contribution in [0.5, 0.6) is 0 Å². The van der Waals surface area contributed by atoms with Crippen molar-refractivity contribution in [2.24, 2.45) is 0 Å². The molecule has 0 aliphatic carbocycles. The van der Waals surface area contributed by atoms with Crippen LogP contribution in [0.25, 0.3) is 0 Å². The number of benzene rings is 1. The summed E-state index contributed by atoms with van der Waals surface area (Å²) >= 11 is 0. The topological polar surface area (TPSA) is 72.3 Å². The Balaban J connectivity index is 2.97. The minimum Gasteiger partial charge on any atom is -0.398 e. The van der Waals surface area contributed by atoms with Crippen LogP contribution in [0.15, 0.2) is 12.1 Å². The third-order valence-corrected chi connectivity index (χ3v) is 2.30. The number of nitrogens with two attached hydrogens (primary N) is 2. The molecule has 0 aromatic heterocycles. The quantitative estimate of drug-likeness (QED) is 0.633. The van der Waals surface area contributed by atoms with Crippen LogP contribution in [0.2, 0.25) is 0 Å². The van der Waals surface area contributed by atoms with Crippen molar-refractivity contribution in [3.05, 3.63) is 23.3 Å². The Labute approximate surface area is 84.7 Å². The Morgan fingerprint density at radius 2 is 1.57 bits per heavy atom. The van der Waals surface area contributed by atoms with E-state index < -0.39 is 0 Å². The van der Waals surface area contributed by atoms with Crippen LogP contribution < -0.4 is 11.5 Å². The van der Waals surface area contributed by atoms with Crippen LogP contribution in [0.4, 0.5) is 11.4 Å². The fourth-order valence-electron chi connectivity index (χ4n) is 1.55. The first kappa shape index (κ1) is 10.9. The Morgan fingerprint density at radius 1 is 1.07 bits per heavy atom. The lowest BCUT2D eigenvalue weighted by Gasteiger charge is -2.10. The normalized spacial score (nSPS) is 10.4. The first-order valence-electron chi connectivity index (χ1n) is 4.96. The van der Waals surface area contributed by atoms with Crippen molar-refractivity contribution >= 4 is 11.4 Å². The second-order valence-electron chi connectivity index (χ2n) is 3.47. The maximum atomic E-state index is 8.81. The lowest BCUT2D eigenvalue weighted by atomic mass is 10.0. The van der Waals surface area contributed by atoms with Gasteiger partial charge < -0.3 is 16.6 Å². The van der Waals surface area contributed by atoms with Crippen molar-refractivity contribution in [2.45, 2.75) is 26.2 Å². The van der Waals surface area contributed by atoms with E-state index in [-0.39, 0.29) is 6.61 Å². The van der Waals surface area contributed by atoms with Crippen molar-refractivity contribution in [3.8, 4) is 0 Å². The lowest BCUT2D eigenvalue weighted by molar-refractivity contribution is 0.300. The highest BCUT2D eigenvalue weighted by Gasteiger charge is 2.04. The largest absolute Gasteiger partial charge is 0.398 e. The van der Waals surface area contributed by atoms with E-state index in [9.17, 15) is 0 Å². The van der Waals surface area contributed by atoms with E-state index in [4.69, 9.17) is 16.6 Å². The van der Waals surface area contributed by atoms with Crippen LogP contribution in [0, 0.1) is 0 Å². The summed E-state index contributed by atoms with van der Waals surface area (Å²) in [5, 5.41) is 8.81.